The molecular weight excluding hydrogens is 2060 g/mol. The zero-order chi connectivity index (χ0) is 114. The van der Waals surface area contributed by atoms with E-state index in [0.29, 0.717) is 47.3 Å². The zero-order valence-corrected chi connectivity index (χ0v) is 82.3. The summed E-state index contributed by atoms with van der Waals surface area (Å²) in [5.41, 5.74) is -14.3. The van der Waals surface area contributed by atoms with E-state index < -0.39 is 309 Å². The predicted molar refractivity (Wildman–Crippen MR) is 498 cm³/mol. The standard InChI is InChI=1S/C12H14N2O7.C11H12N2O7.C10H12N2O7S.C10H12N2O6.C10H12N2O5S.C10H12N2O5.C9H10N2O6.C9H10N2O5S/c1-7(15)4-14-11(19)8(3-10(18)21-2)5-13(12(14)20)6-9(16)17;1-6(15)2-13-10(19)7(8(16)5-14)3-12(11(13)20)4-9(17)18;1-6(13)3-12-9(16)7(20(2,18)19)4-11(10(12)17)5-8(14)15;2*1-6(13)3-12-9(16)7(18-2)4-11(10(12)17)5-8(14)15;1-6-3-11(5-8(14)15)10(17)12(9(6)16)4-7(2)13;1-5(12)2-11-8(16)6(13)3-10(9(11)17)4-7(14)15;1-5(12)2-11-8(15)6(17)3-10(9(11)16)4-7(13)14/h5H,3-4,6H2,1-2H3,(H,16,17);3,14H,2,4-5H2,1H3,(H,17,18);4H,3,5H2,1-2H3,(H,14,15);2*4H,3,5H2,1-2H3,(H,14,15);3H,4-5H2,1-2H3,(H,14,15);3,13H,2,4H2,1H3,(H,14,15);3,17H,2,4H2,1H3,(H,13,14). The molecule has 0 aromatic carbocycles. The fraction of sp³-hybridized carbons (Fsp3) is 0.383. The van der Waals surface area contributed by atoms with E-state index in [2.05, 4.69) is 17.4 Å². The van der Waals surface area contributed by atoms with Crippen LogP contribution in [-0.4, -0.2) is 272 Å². The van der Waals surface area contributed by atoms with Gasteiger partial charge in [0.1, 0.15) is 116 Å². The Bertz CT molecular complexity index is 7480. The second kappa shape index (κ2) is 57.9. The van der Waals surface area contributed by atoms with Crippen molar-refractivity contribution in [3.05, 3.63) is 233 Å². The largest absolute Gasteiger partial charge is 0.502 e. The SMILES string of the molecule is CC(=O)Cn1c(=O)c(C(=O)CO)cn(CC(=O)O)c1=O.CC(=O)Cn1c(=O)c(C)cn(CC(=O)O)c1=O.CC(=O)Cn1c(=O)c(O)cn(CC(=O)O)c1=O.CC(=O)Cn1c(=O)c(S(C)(=O)=O)cn(CC(=O)O)c1=O.CC(=O)Cn1c(=O)c(S)cn(CC(=O)O)c1=O.COC(=O)Cc1cn(CC(=O)O)c(=O)n(CC(C)=O)c1=O.COc1cn(CC(=O)O)c(=O)n(CC(C)=O)c1=O.CSc1cn(CC(=O)O)c(=O)n(CC(C)=O)c1=O. The molecular formula is C81H94N16O48S3. The number of thioether (sulfide) groups is 1. The van der Waals surface area contributed by atoms with Crippen molar-refractivity contribution in [1.29, 1.82) is 0 Å². The van der Waals surface area contributed by atoms with Gasteiger partial charge in [0.15, 0.2) is 21.4 Å². The van der Waals surface area contributed by atoms with Crippen LogP contribution in [0.25, 0.3) is 0 Å². The van der Waals surface area contributed by atoms with Crippen LogP contribution in [0.15, 0.2) is 141 Å². The summed E-state index contributed by atoms with van der Waals surface area (Å²) in [6.45, 7) is 0.982. The third-order valence-electron chi connectivity index (χ3n) is 17.3. The molecule has 0 atom stereocenters. The predicted octanol–water partition coefficient (Wildman–Crippen LogP) is -11.2. The number of aliphatic carboxylic acids is 8. The van der Waals surface area contributed by atoms with Crippen LogP contribution in [0.4, 0.5) is 0 Å². The van der Waals surface area contributed by atoms with Crippen LogP contribution in [0.5, 0.6) is 11.5 Å². The maximum Gasteiger partial charge on any atom is 0.332 e. The fourth-order valence-electron chi connectivity index (χ4n) is 11.5. The first-order chi connectivity index (χ1) is 68.3. The molecule has 8 aromatic heterocycles. The normalized spacial score (nSPS) is 10.4. The van der Waals surface area contributed by atoms with Crippen molar-refractivity contribution in [2.75, 3.05) is 33.3 Å². The molecule has 8 heterocycles. The van der Waals surface area contributed by atoms with Crippen molar-refractivity contribution >= 4 is 140 Å². The first kappa shape index (κ1) is 128. The molecule has 8 aromatic rings. The summed E-state index contributed by atoms with van der Waals surface area (Å²) in [5, 5.41) is 87.1. The highest BCUT2D eigenvalue weighted by atomic mass is 32.2. The van der Waals surface area contributed by atoms with Gasteiger partial charge in [-0.25, -0.2) is 55.9 Å². The Hall–Kier alpha value is -18.1. The smallest absolute Gasteiger partial charge is 0.332 e. The summed E-state index contributed by atoms with van der Waals surface area (Å²) in [6, 6.07) is 0. The number of ketones is 9. The molecule has 0 fully saturated rings. The quantitative estimate of drug-likeness (QED) is 0.00737. The number of ether oxygens (including phenoxy) is 2. The van der Waals surface area contributed by atoms with Crippen molar-refractivity contribution in [3.8, 4) is 11.5 Å². The lowest BCUT2D eigenvalue weighted by Crippen LogP contribution is -2.44. The maximum atomic E-state index is 12.1. The molecule has 0 saturated heterocycles. The Morgan fingerprint density at radius 1 is 0.324 bits per heavy atom. The van der Waals surface area contributed by atoms with E-state index in [9.17, 15) is 177 Å². The number of hydrogen-bond acceptors (Lipinski definition) is 42. The lowest BCUT2D eigenvalue weighted by atomic mass is 10.2. The van der Waals surface area contributed by atoms with E-state index >= 15 is 0 Å². The lowest BCUT2D eigenvalue weighted by molar-refractivity contribution is -0.140. The van der Waals surface area contributed by atoms with Crippen LogP contribution in [0.2, 0.25) is 0 Å². The first-order valence-electron chi connectivity index (χ1n) is 40.5. The highest BCUT2D eigenvalue weighted by molar-refractivity contribution is 7.98. The number of aromatic hydroxyl groups is 1. The number of hydrogen-bond donors (Lipinski definition) is 11. The van der Waals surface area contributed by atoms with Crippen LogP contribution in [0.1, 0.15) is 76.9 Å². The van der Waals surface area contributed by atoms with Crippen LogP contribution in [-0.2, 0) is 207 Å². The highest BCUT2D eigenvalue weighted by Gasteiger charge is 2.26. The minimum atomic E-state index is -3.96. The summed E-state index contributed by atoms with van der Waals surface area (Å²) >= 11 is 4.92. The summed E-state index contributed by atoms with van der Waals surface area (Å²) in [7, 11) is -1.62. The van der Waals surface area contributed by atoms with Crippen molar-refractivity contribution in [3.63, 3.8) is 0 Å². The fourth-order valence-corrected chi connectivity index (χ4v) is 13.0. The average molecular weight is 2160 g/mol. The van der Waals surface area contributed by atoms with Crippen molar-refractivity contribution < 1.29 is 155 Å². The van der Waals surface area contributed by atoms with Gasteiger partial charge in [-0.05, 0) is 68.6 Å². The van der Waals surface area contributed by atoms with E-state index in [1.807, 2.05) is 0 Å². The Morgan fingerprint density at radius 2 is 0.588 bits per heavy atom. The van der Waals surface area contributed by atoms with Gasteiger partial charge in [-0.2, -0.15) is 0 Å². The topological polar surface area (TPSA) is 914 Å². The number of aromatic nitrogens is 16. The Balaban J connectivity index is 0.000000847. The molecule has 8 rings (SSSR count). The van der Waals surface area contributed by atoms with E-state index in [-0.39, 0.29) is 57.1 Å². The van der Waals surface area contributed by atoms with Crippen LogP contribution >= 0.6 is 24.4 Å². The van der Waals surface area contributed by atoms with E-state index in [1.54, 1.807) is 6.26 Å². The summed E-state index contributed by atoms with van der Waals surface area (Å²) in [6.07, 6.45) is 9.54. The minimum Gasteiger partial charge on any atom is -0.502 e. The monoisotopic (exact) mass is 2150 g/mol. The number of carbonyl (C=O) groups excluding carboxylic acids is 10. The number of aliphatic hydroxyl groups excluding tert-OH is 1. The summed E-state index contributed by atoms with van der Waals surface area (Å²) < 4.78 is 42.9. The van der Waals surface area contributed by atoms with E-state index in [1.165, 1.54) is 61.0 Å². The number of carboxylic acids is 8. The molecule has 0 unspecified atom stereocenters. The molecule has 148 heavy (non-hydrogen) atoms. The number of methoxy groups -OCH3 is 2. The zero-order valence-electron chi connectivity index (χ0n) is 79.8. The number of esters is 1. The number of sulfone groups is 1. The Kier molecular flexibility index (Phi) is 50.0. The number of carboxylic acid groups (broad SMARTS) is 8. The molecule has 0 bridgehead atoms. The molecule has 10 N–H and O–H groups in total. The van der Waals surface area contributed by atoms with Gasteiger partial charge in [0.2, 0.25) is 5.75 Å². The molecule has 64 nitrogen and oxygen atoms in total. The van der Waals surface area contributed by atoms with Gasteiger partial charge in [-0.1, -0.05) is 0 Å². The number of Topliss-reactive ketones (excluding diaryl/α,β-unsaturated/α-hetero) is 9. The third-order valence-corrected chi connectivity index (χ3v) is 19.5. The average Bonchev–Trinajstić information content (AvgIpc) is 0.790. The molecule has 0 radical (unpaired) electrons. The minimum absolute atomic E-state index is 0.0906. The van der Waals surface area contributed by atoms with Gasteiger partial charge < -0.3 is 60.5 Å². The molecule has 0 aliphatic heterocycles. The second-order valence-corrected chi connectivity index (χ2v) is 33.5. The third kappa shape index (κ3) is 39.7. The number of nitrogens with zero attached hydrogens (tertiary/aromatic N) is 16. The van der Waals surface area contributed by atoms with Gasteiger partial charge in [0.05, 0.1) is 95.2 Å². The number of aryl methyl sites for hydroxylation is 1. The van der Waals surface area contributed by atoms with Gasteiger partial charge in [0.25, 0.3) is 44.5 Å². The highest BCUT2D eigenvalue weighted by Crippen LogP contribution is 2.08. The Morgan fingerprint density at radius 3 is 0.899 bits per heavy atom. The number of aliphatic hydroxyl groups is 1. The van der Waals surface area contributed by atoms with Gasteiger partial charge in [-0.15, -0.1) is 24.4 Å². The Labute approximate surface area is 830 Å². The summed E-state index contributed by atoms with van der Waals surface area (Å²) in [4.78, 5) is 383. The van der Waals surface area contributed by atoms with Crippen molar-refractivity contribution in [1.82, 2.24) is 73.1 Å². The molecule has 804 valence electrons. The molecule has 0 saturated carbocycles. The molecule has 0 spiro atoms. The number of thiol groups is 1. The van der Waals surface area contributed by atoms with Gasteiger partial charge in [-0.3, -0.25) is 189 Å². The molecule has 67 heteroatoms. The number of rotatable bonds is 39. The van der Waals surface area contributed by atoms with Gasteiger partial charge in [0, 0.05) is 54.6 Å². The molecule has 0 amide bonds. The van der Waals surface area contributed by atoms with Crippen LogP contribution in [0, 0.1) is 6.92 Å². The van der Waals surface area contributed by atoms with E-state index in [0.717, 1.165) is 109 Å². The van der Waals surface area contributed by atoms with Crippen LogP contribution < -0.4 is 94.7 Å². The first-order valence-corrected chi connectivity index (χ1v) is 44.1. The second-order valence-electron chi connectivity index (χ2n) is 30.2. The number of carbonyl (C=O) groups is 18. The maximum absolute atomic E-state index is 12.1. The van der Waals surface area contributed by atoms with E-state index in [4.69, 9.17) is 50.7 Å². The van der Waals surface area contributed by atoms with Crippen LogP contribution in [0.3, 0.4) is 0 Å². The van der Waals surface area contributed by atoms with Gasteiger partial charge >= 0.3 is 99.2 Å². The summed E-state index contributed by atoms with van der Waals surface area (Å²) in [5.74, 6) is -16.3. The molecule has 0 aliphatic carbocycles. The van der Waals surface area contributed by atoms with Crippen molar-refractivity contribution in [2.45, 2.75) is 188 Å². The lowest BCUT2D eigenvalue weighted by Gasteiger charge is -2.10. The van der Waals surface area contributed by atoms with Crippen molar-refractivity contribution in [2.24, 2.45) is 0 Å². The molecule has 0 aliphatic rings.